The van der Waals surface area contributed by atoms with Crippen molar-refractivity contribution in [3.05, 3.63) is 35.1 Å². The highest BCUT2D eigenvalue weighted by Gasteiger charge is 2.21. The molecule has 0 aromatic heterocycles. The molecule has 4 heteroatoms. The van der Waals surface area contributed by atoms with Crippen LogP contribution in [0.3, 0.4) is 0 Å². The van der Waals surface area contributed by atoms with Gasteiger partial charge in [0.1, 0.15) is 11.7 Å². The van der Waals surface area contributed by atoms with Gasteiger partial charge >= 0.3 is 0 Å². The fourth-order valence-corrected chi connectivity index (χ4v) is 2.36. The third-order valence-corrected chi connectivity index (χ3v) is 3.43. The van der Waals surface area contributed by atoms with Crippen LogP contribution in [-0.2, 0) is 6.54 Å². The van der Waals surface area contributed by atoms with Crippen LogP contribution in [0.15, 0.2) is 18.2 Å². The van der Waals surface area contributed by atoms with Crippen molar-refractivity contribution in [1.29, 1.82) is 5.41 Å². The van der Waals surface area contributed by atoms with E-state index in [-0.39, 0.29) is 17.2 Å². The summed E-state index contributed by atoms with van der Waals surface area (Å²) < 4.78 is 14.1. The Morgan fingerprint density at radius 3 is 2.94 bits per heavy atom. The first-order valence-electron chi connectivity index (χ1n) is 5.95. The second-order valence-corrected chi connectivity index (χ2v) is 4.65. The standard InChI is InChI=1S/C13H18FN3/c1-9-4-3-7-17(9)8-10-5-2-6-11(12(10)14)13(15)16/h2,5-6,9H,3-4,7-8H2,1H3,(H3,15,16). The SMILES string of the molecule is CC1CCCN1Cc1cccc(C(=N)N)c1F. The van der Waals surface area contributed by atoms with E-state index in [1.54, 1.807) is 18.2 Å². The lowest BCUT2D eigenvalue weighted by atomic mass is 10.1. The largest absolute Gasteiger partial charge is 0.384 e. The number of nitrogens with two attached hydrogens (primary N) is 1. The number of likely N-dealkylation sites (tertiary alicyclic amines) is 1. The monoisotopic (exact) mass is 235 g/mol. The van der Waals surface area contributed by atoms with Crippen LogP contribution in [0.25, 0.3) is 0 Å². The van der Waals surface area contributed by atoms with Gasteiger partial charge in [-0.3, -0.25) is 10.3 Å². The number of nitrogen functional groups attached to an aromatic ring is 1. The van der Waals surface area contributed by atoms with Crippen LogP contribution in [0.5, 0.6) is 0 Å². The summed E-state index contributed by atoms with van der Waals surface area (Å²) >= 11 is 0. The molecule has 17 heavy (non-hydrogen) atoms. The van der Waals surface area contributed by atoms with Gasteiger partial charge in [0.2, 0.25) is 0 Å². The van der Waals surface area contributed by atoms with E-state index >= 15 is 0 Å². The van der Waals surface area contributed by atoms with Gasteiger partial charge in [-0.15, -0.1) is 0 Å². The Morgan fingerprint density at radius 1 is 1.59 bits per heavy atom. The topological polar surface area (TPSA) is 53.1 Å². The average Bonchev–Trinajstić information content (AvgIpc) is 2.67. The second kappa shape index (κ2) is 4.84. The van der Waals surface area contributed by atoms with Crippen molar-refractivity contribution in [2.24, 2.45) is 5.73 Å². The quantitative estimate of drug-likeness (QED) is 0.622. The highest BCUT2D eigenvalue weighted by molar-refractivity contribution is 5.95. The Kier molecular flexibility index (Phi) is 3.43. The lowest BCUT2D eigenvalue weighted by Crippen LogP contribution is -2.27. The molecule has 1 heterocycles. The van der Waals surface area contributed by atoms with E-state index in [9.17, 15) is 4.39 Å². The normalized spacial score (nSPS) is 20.7. The molecule has 0 spiro atoms. The Bertz CT molecular complexity index is 431. The molecule has 1 unspecified atom stereocenters. The number of nitrogens with one attached hydrogen (secondary N) is 1. The van der Waals surface area contributed by atoms with Crippen LogP contribution in [0, 0.1) is 11.2 Å². The molecule has 1 atom stereocenters. The smallest absolute Gasteiger partial charge is 0.138 e. The van der Waals surface area contributed by atoms with E-state index in [0.717, 1.165) is 6.54 Å². The summed E-state index contributed by atoms with van der Waals surface area (Å²) in [5, 5.41) is 7.32. The summed E-state index contributed by atoms with van der Waals surface area (Å²) in [7, 11) is 0. The number of halogens is 1. The Balaban J connectivity index is 2.21. The molecule has 1 saturated heterocycles. The average molecular weight is 235 g/mol. The molecule has 92 valence electrons. The van der Waals surface area contributed by atoms with Crippen molar-refractivity contribution in [2.45, 2.75) is 32.4 Å². The lowest BCUT2D eigenvalue weighted by molar-refractivity contribution is 0.256. The van der Waals surface area contributed by atoms with Gasteiger partial charge in [-0.25, -0.2) is 4.39 Å². The minimum atomic E-state index is -0.348. The van der Waals surface area contributed by atoms with E-state index in [0.29, 0.717) is 18.2 Å². The van der Waals surface area contributed by atoms with E-state index in [1.807, 2.05) is 0 Å². The molecule has 1 aromatic rings. The highest BCUT2D eigenvalue weighted by Crippen LogP contribution is 2.21. The fourth-order valence-electron chi connectivity index (χ4n) is 2.36. The maximum Gasteiger partial charge on any atom is 0.138 e. The van der Waals surface area contributed by atoms with Gasteiger partial charge in [-0.2, -0.15) is 0 Å². The molecule has 1 fully saturated rings. The summed E-state index contributed by atoms with van der Waals surface area (Å²) in [6.45, 7) is 3.79. The van der Waals surface area contributed by atoms with Gasteiger partial charge in [0.25, 0.3) is 0 Å². The molecule has 0 aliphatic carbocycles. The molecule has 2 rings (SSSR count). The number of rotatable bonds is 3. The third-order valence-electron chi connectivity index (χ3n) is 3.43. The first-order valence-corrected chi connectivity index (χ1v) is 5.95. The molecule has 0 saturated carbocycles. The van der Waals surface area contributed by atoms with Crippen molar-refractivity contribution < 1.29 is 4.39 Å². The zero-order chi connectivity index (χ0) is 12.4. The zero-order valence-corrected chi connectivity index (χ0v) is 10.0. The summed E-state index contributed by atoms with van der Waals surface area (Å²) in [5.41, 5.74) is 6.18. The molecule has 3 nitrogen and oxygen atoms in total. The second-order valence-electron chi connectivity index (χ2n) is 4.65. The predicted octanol–water partition coefficient (Wildman–Crippen LogP) is 2.09. The summed E-state index contributed by atoms with van der Waals surface area (Å²) in [5.74, 6) is -0.557. The lowest BCUT2D eigenvalue weighted by Gasteiger charge is -2.21. The first kappa shape index (κ1) is 12.0. The van der Waals surface area contributed by atoms with Gasteiger partial charge in [-0.1, -0.05) is 12.1 Å². The predicted molar refractivity (Wildman–Crippen MR) is 66.5 cm³/mol. The summed E-state index contributed by atoms with van der Waals surface area (Å²) in [6.07, 6.45) is 2.35. The van der Waals surface area contributed by atoms with E-state index in [4.69, 9.17) is 11.1 Å². The first-order chi connectivity index (χ1) is 8.09. The molecular weight excluding hydrogens is 217 g/mol. The van der Waals surface area contributed by atoms with E-state index in [1.165, 1.54) is 12.8 Å². The van der Waals surface area contributed by atoms with Gasteiger partial charge < -0.3 is 5.73 Å². The van der Waals surface area contributed by atoms with Crippen molar-refractivity contribution in [3.63, 3.8) is 0 Å². The van der Waals surface area contributed by atoms with Gasteiger partial charge in [0, 0.05) is 18.2 Å². The number of hydrogen-bond donors (Lipinski definition) is 2. The molecule has 1 aliphatic heterocycles. The zero-order valence-electron chi connectivity index (χ0n) is 10.0. The molecule has 1 aliphatic rings. The highest BCUT2D eigenvalue weighted by atomic mass is 19.1. The number of hydrogen-bond acceptors (Lipinski definition) is 2. The summed E-state index contributed by atoms with van der Waals surface area (Å²) in [4.78, 5) is 2.27. The van der Waals surface area contributed by atoms with Crippen molar-refractivity contribution >= 4 is 5.84 Å². The van der Waals surface area contributed by atoms with Crippen LogP contribution < -0.4 is 5.73 Å². The molecule has 3 N–H and O–H groups in total. The van der Waals surface area contributed by atoms with E-state index < -0.39 is 0 Å². The summed E-state index contributed by atoms with van der Waals surface area (Å²) in [6, 6.07) is 5.59. The molecular formula is C13H18FN3. The maximum absolute atomic E-state index is 14.1. The van der Waals surface area contributed by atoms with Crippen molar-refractivity contribution in [1.82, 2.24) is 4.90 Å². The van der Waals surface area contributed by atoms with Crippen LogP contribution in [-0.4, -0.2) is 23.3 Å². The van der Waals surface area contributed by atoms with Crippen molar-refractivity contribution in [2.75, 3.05) is 6.54 Å². The van der Waals surface area contributed by atoms with Gasteiger partial charge in [-0.05, 0) is 32.4 Å². The maximum atomic E-state index is 14.1. The minimum Gasteiger partial charge on any atom is -0.384 e. The van der Waals surface area contributed by atoms with Crippen LogP contribution in [0.4, 0.5) is 4.39 Å². The molecule has 0 bridgehead atoms. The third kappa shape index (κ3) is 2.47. The van der Waals surface area contributed by atoms with Gasteiger partial charge in [0.05, 0.1) is 5.56 Å². The van der Waals surface area contributed by atoms with Crippen LogP contribution >= 0.6 is 0 Å². The van der Waals surface area contributed by atoms with Crippen molar-refractivity contribution in [3.8, 4) is 0 Å². The minimum absolute atomic E-state index is 0.203. The van der Waals surface area contributed by atoms with E-state index in [2.05, 4.69) is 11.8 Å². The van der Waals surface area contributed by atoms with Crippen LogP contribution in [0.1, 0.15) is 30.9 Å². The molecule has 1 aromatic carbocycles. The van der Waals surface area contributed by atoms with Crippen LogP contribution in [0.2, 0.25) is 0 Å². The Hall–Kier alpha value is -1.42. The Morgan fingerprint density at radius 2 is 2.35 bits per heavy atom. The fraction of sp³-hybridized carbons (Fsp3) is 0.462. The van der Waals surface area contributed by atoms with Gasteiger partial charge in [0.15, 0.2) is 0 Å². The Labute approximate surface area is 101 Å². The number of benzene rings is 1. The molecule has 0 radical (unpaired) electrons. The number of nitrogens with zero attached hydrogens (tertiary/aromatic N) is 1. The number of amidine groups is 1. The molecule has 0 amide bonds.